The first-order chi connectivity index (χ1) is 12.7. The van der Waals surface area contributed by atoms with Gasteiger partial charge in [0.2, 0.25) is 0 Å². The van der Waals surface area contributed by atoms with Crippen molar-refractivity contribution in [2.75, 3.05) is 12.5 Å². The number of ketones is 2. The molecule has 2 N–H and O–H groups in total. The van der Waals surface area contributed by atoms with Crippen LogP contribution in [0.2, 0.25) is 0 Å². The molecule has 0 fully saturated rings. The molecule has 0 bridgehead atoms. The molecule has 28 heavy (non-hydrogen) atoms. The Bertz CT molecular complexity index is 1210. The van der Waals surface area contributed by atoms with Gasteiger partial charge in [-0.25, -0.2) is 16.8 Å². The first kappa shape index (κ1) is 20.0. The molecule has 0 saturated carbocycles. The number of phenols is 2. The number of hydrogen-bond donors (Lipinski definition) is 2. The summed E-state index contributed by atoms with van der Waals surface area (Å²) in [7, 11) is -8.11. The van der Waals surface area contributed by atoms with Crippen molar-refractivity contribution in [1.29, 1.82) is 0 Å². The number of benzene rings is 2. The van der Waals surface area contributed by atoms with E-state index in [2.05, 4.69) is 0 Å². The lowest BCUT2D eigenvalue weighted by Crippen LogP contribution is -2.24. The smallest absolute Gasteiger partial charge is 0.198 e. The summed E-state index contributed by atoms with van der Waals surface area (Å²) in [6.45, 7) is 2.90. The van der Waals surface area contributed by atoms with Gasteiger partial charge in [0.25, 0.3) is 0 Å². The third-order valence-corrected chi connectivity index (χ3v) is 7.23. The summed E-state index contributed by atoms with van der Waals surface area (Å²) >= 11 is 0. The van der Waals surface area contributed by atoms with Crippen LogP contribution < -0.4 is 0 Å². The molecule has 0 saturated heterocycles. The molecule has 0 radical (unpaired) electrons. The highest BCUT2D eigenvalue weighted by atomic mass is 32.2. The Morgan fingerprint density at radius 3 is 1.21 bits per heavy atom. The number of carbonyl (C=O) groups is 2. The Labute approximate surface area is 161 Å². The number of fused-ring (bicyclic) bond motifs is 2. The number of phenolic OH excluding ortho intramolecular Hbond substituents is 2. The molecule has 2 aromatic carbocycles. The summed E-state index contributed by atoms with van der Waals surface area (Å²) < 4.78 is 48.4. The molecule has 0 unspecified atom stereocenters. The van der Waals surface area contributed by atoms with E-state index in [1.807, 2.05) is 0 Å². The molecule has 0 spiro atoms. The SMILES string of the molecule is Cc1c(C)c(O)c2c(c1O)C(=O)c1cc(S(C)(=O)=O)c(S(C)(=O)=O)cc1C2=O. The van der Waals surface area contributed by atoms with Gasteiger partial charge < -0.3 is 10.2 Å². The summed E-state index contributed by atoms with van der Waals surface area (Å²) in [5.41, 5.74) is -1.21. The van der Waals surface area contributed by atoms with Crippen molar-refractivity contribution in [1.82, 2.24) is 0 Å². The molecule has 1 aliphatic rings. The zero-order valence-corrected chi connectivity index (χ0v) is 16.9. The Kier molecular flexibility index (Phi) is 4.21. The maximum absolute atomic E-state index is 13.0. The Balaban J connectivity index is 2.50. The van der Waals surface area contributed by atoms with Crippen molar-refractivity contribution in [3.05, 3.63) is 45.5 Å². The van der Waals surface area contributed by atoms with Gasteiger partial charge in [0.15, 0.2) is 31.2 Å². The summed E-state index contributed by atoms with van der Waals surface area (Å²) in [6.07, 6.45) is 1.56. The molecule has 1 aliphatic carbocycles. The van der Waals surface area contributed by atoms with Crippen LogP contribution >= 0.6 is 0 Å². The molecule has 8 nitrogen and oxygen atoms in total. The van der Waals surface area contributed by atoms with Crippen LogP contribution in [0.25, 0.3) is 0 Å². The largest absolute Gasteiger partial charge is 0.507 e. The molecule has 0 heterocycles. The first-order valence-electron chi connectivity index (χ1n) is 7.90. The lowest BCUT2D eigenvalue weighted by molar-refractivity contribution is 0.0973. The third-order valence-electron chi connectivity index (χ3n) is 4.82. The molecular weight excluding hydrogens is 408 g/mol. The van der Waals surface area contributed by atoms with Gasteiger partial charge >= 0.3 is 0 Å². The highest BCUT2D eigenvalue weighted by Crippen LogP contribution is 2.43. The number of aromatic hydroxyl groups is 2. The predicted octanol–water partition coefficient (Wildman–Crippen LogP) is 1.30. The van der Waals surface area contributed by atoms with Crippen molar-refractivity contribution in [2.24, 2.45) is 0 Å². The Morgan fingerprint density at radius 2 is 0.964 bits per heavy atom. The van der Waals surface area contributed by atoms with Crippen molar-refractivity contribution in [2.45, 2.75) is 23.6 Å². The van der Waals surface area contributed by atoms with Gasteiger partial charge in [-0.1, -0.05) is 0 Å². The van der Waals surface area contributed by atoms with Gasteiger partial charge in [0.05, 0.1) is 20.9 Å². The lowest BCUT2D eigenvalue weighted by atomic mass is 9.81. The van der Waals surface area contributed by atoms with E-state index in [1.54, 1.807) is 0 Å². The lowest BCUT2D eigenvalue weighted by Gasteiger charge is -2.23. The van der Waals surface area contributed by atoms with E-state index >= 15 is 0 Å². The average molecular weight is 424 g/mol. The number of carbonyl (C=O) groups excluding carboxylic acids is 2. The molecular formula is C18H16O8S2. The standard InChI is InChI=1S/C18H16O8S2/c1-7-8(2)16(20)14-13(15(7)19)17(21)9-5-11(27(3,23)24)12(28(4,25)26)6-10(9)18(14)22/h5-6,19-20H,1-4H3. The van der Waals surface area contributed by atoms with Crippen molar-refractivity contribution < 1.29 is 36.6 Å². The van der Waals surface area contributed by atoms with Gasteiger partial charge in [-0.05, 0) is 37.1 Å². The van der Waals surface area contributed by atoms with Crippen LogP contribution in [0.3, 0.4) is 0 Å². The van der Waals surface area contributed by atoms with E-state index in [0.29, 0.717) is 0 Å². The van der Waals surface area contributed by atoms with Gasteiger partial charge in [-0.3, -0.25) is 9.59 Å². The molecule has 2 aromatic rings. The minimum atomic E-state index is -4.06. The number of hydrogen-bond acceptors (Lipinski definition) is 8. The molecule has 0 aliphatic heterocycles. The topological polar surface area (TPSA) is 143 Å². The van der Waals surface area contributed by atoms with E-state index in [0.717, 1.165) is 24.6 Å². The van der Waals surface area contributed by atoms with E-state index in [9.17, 15) is 36.6 Å². The van der Waals surface area contributed by atoms with Gasteiger partial charge in [-0.15, -0.1) is 0 Å². The summed E-state index contributed by atoms with van der Waals surface area (Å²) in [6, 6.07) is 1.66. The van der Waals surface area contributed by atoms with Crippen LogP contribution in [-0.2, 0) is 19.7 Å². The molecule has 0 aromatic heterocycles. The molecule has 3 rings (SSSR count). The van der Waals surface area contributed by atoms with Crippen LogP contribution in [0.1, 0.15) is 43.0 Å². The molecule has 10 heteroatoms. The summed E-state index contributed by atoms with van der Waals surface area (Å²) in [4.78, 5) is 24.7. The maximum atomic E-state index is 13.0. The molecule has 0 amide bonds. The fraction of sp³-hybridized carbons (Fsp3) is 0.222. The summed E-state index contributed by atoms with van der Waals surface area (Å²) in [5.74, 6) is -2.76. The van der Waals surface area contributed by atoms with Crippen molar-refractivity contribution in [3.8, 4) is 11.5 Å². The second-order valence-electron chi connectivity index (χ2n) is 6.74. The molecule has 0 atom stereocenters. The Morgan fingerprint density at radius 1 is 0.679 bits per heavy atom. The van der Waals surface area contributed by atoms with Crippen LogP contribution in [0.15, 0.2) is 21.9 Å². The van der Waals surface area contributed by atoms with E-state index in [1.165, 1.54) is 13.8 Å². The van der Waals surface area contributed by atoms with Crippen LogP contribution in [0, 0.1) is 13.8 Å². The van der Waals surface area contributed by atoms with E-state index < -0.39 is 63.7 Å². The minimum Gasteiger partial charge on any atom is -0.507 e. The highest BCUT2D eigenvalue weighted by Gasteiger charge is 2.38. The van der Waals surface area contributed by atoms with E-state index in [4.69, 9.17) is 0 Å². The van der Waals surface area contributed by atoms with Gasteiger partial charge in [0, 0.05) is 23.6 Å². The number of sulfone groups is 2. The summed E-state index contributed by atoms with van der Waals surface area (Å²) in [5, 5.41) is 20.8. The van der Waals surface area contributed by atoms with Crippen molar-refractivity contribution in [3.63, 3.8) is 0 Å². The van der Waals surface area contributed by atoms with Crippen molar-refractivity contribution >= 4 is 31.2 Å². The normalized spacial score (nSPS) is 14.0. The van der Waals surface area contributed by atoms with Crippen LogP contribution in [0.5, 0.6) is 11.5 Å². The quantitative estimate of drug-likeness (QED) is 0.586. The zero-order chi connectivity index (χ0) is 21.3. The van der Waals surface area contributed by atoms with Gasteiger partial charge in [0.1, 0.15) is 11.5 Å². The third kappa shape index (κ3) is 2.71. The maximum Gasteiger partial charge on any atom is 0.198 e. The highest BCUT2D eigenvalue weighted by molar-refractivity contribution is 7.93. The monoisotopic (exact) mass is 424 g/mol. The molecule has 148 valence electrons. The van der Waals surface area contributed by atoms with E-state index in [-0.39, 0.29) is 22.3 Å². The average Bonchev–Trinajstić information content (AvgIpc) is 2.58. The zero-order valence-electron chi connectivity index (χ0n) is 15.3. The minimum absolute atomic E-state index is 0.192. The Hall–Kier alpha value is -2.72. The number of rotatable bonds is 2. The van der Waals surface area contributed by atoms with Crippen LogP contribution in [0.4, 0.5) is 0 Å². The van der Waals surface area contributed by atoms with Crippen LogP contribution in [-0.4, -0.2) is 51.1 Å². The first-order valence-corrected chi connectivity index (χ1v) is 11.7. The van der Waals surface area contributed by atoms with Gasteiger partial charge in [-0.2, -0.15) is 0 Å². The fourth-order valence-electron chi connectivity index (χ4n) is 3.19. The second-order valence-corrected chi connectivity index (χ2v) is 10.7. The fourth-order valence-corrected chi connectivity index (χ4v) is 5.61. The second kappa shape index (κ2) is 5.89. The predicted molar refractivity (Wildman–Crippen MR) is 98.8 cm³/mol.